The van der Waals surface area contributed by atoms with Gasteiger partial charge in [-0.05, 0) is 49.6 Å². The van der Waals surface area contributed by atoms with Crippen molar-refractivity contribution in [3.05, 3.63) is 52.8 Å². The van der Waals surface area contributed by atoms with Crippen LogP contribution in [-0.2, 0) is 21.4 Å². The lowest BCUT2D eigenvalue weighted by molar-refractivity contribution is -0.123. The maximum Gasteiger partial charge on any atom is 0.233 e. The first-order chi connectivity index (χ1) is 14.7. The van der Waals surface area contributed by atoms with E-state index in [0.29, 0.717) is 29.5 Å². The van der Waals surface area contributed by atoms with E-state index < -0.39 is 15.9 Å². The number of fused-ring (bicyclic) bond motifs is 1. The molecule has 1 atom stereocenters. The molecule has 7 nitrogen and oxygen atoms in total. The second kappa shape index (κ2) is 8.82. The zero-order valence-corrected chi connectivity index (χ0v) is 19.7. The average molecular weight is 479 g/mol. The lowest BCUT2D eigenvalue weighted by atomic mass is 9.98. The van der Waals surface area contributed by atoms with Crippen LogP contribution in [0.15, 0.2) is 36.5 Å². The molecule has 0 bridgehead atoms. The minimum Gasteiger partial charge on any atom is -0.282 e. The van der Waals surface area contributed by atoms with Crippen molar-refractivity contribution in [2.45, 2.75) is 26.3 Å². The van der Waals surface area contributed by atoms with Gasteiger partial charge in [-0.3, -0.25) is 14.7 Å². The van der Waals surface area contributed by atoms with Crippen LogP contribution in [0.5, 0.6) is 0 Å². The molecule has 10 heteroatoms. The highest BCUT2D eigenvalue weighted by Crippen LogP contribution is 2.35. The van der Waals surface area contributed by atoms with Crippen LogP contribution in [0.4, 0.5) is 5.13 Å². The summed E-state index contributed by atoms with van der Waals surface area (Å²) in [5.74, 6) is -0.564. The summed E-state index contributed by atoms with van der Waals surface area (Å²) in [6, 6.07) is 9.29. The fraction of sp³-hybridized carbons (Fsp3) is 0.381. The summed E-state index contributed by atoms with van der Waals surface area (Å²) in [7, 11) is -3.35. The van der Waals surface area contributed by atoms with Crippen molar-refractivity contribution in [1.29, 1.82) is 0 Å². The third-order valence-electron chi connectivity index (χ3n) is 5.48. The number of piperidine rings is 1. The van der Waals surface area contributed by atoms with Crippen LogP contribution >= 0.6 is 22.9 Å². The number of hydrogen-bond acceptors (Lipinski definition) is 6. The zero-order valence-electron chi connectivity index (χ0n) is 17.3. The summed E-state index contributed by atoms with van der Waals surface area (Å²) >= 11 is 7.68. The molecule has 0 N–H and O–H groups in total. The van der Waals surface area contributed by atoms with Gasteiger partial charge in [0.2, 0.25) is 15.9 Å². The number of aryl methyl sites for hydroxylation is 1. The predicted octanol–water partition coefficient (Wildman–Crippen LogP) is 3.86. The number of thiazole rings is 1. The maximum atomic E-state index is 13.6. The van der Waals surface area contributed by atoms with Gasteiger partial charge in [-0.25, -0.2) is 17.7 Å². The fourth-order valence-corrected chi connectivity index (χ4v) is 5.86. The molecule has 1 unspecified atom stereocenters. The molecule has 2 aromatic heterocycles. The zero-order chi connectivity index (χ0) is 22.2. The fourth-order valence-electron chi connectivity index (χ4n) is 3.76. The number of carbonyl (C=O) groups excluding carboxylic acids is 1. The van der Waals surface area contributed by atoms with Gasteiger partial charge in [-0.1, -0.05) is 29.0 Å². The van der Waals surface area contributed by atoms with Crippen LogP contribution < -0.4 is 4.90 Å². The monoisotopic (exact) mass is 478 g/mol. The molecule has 0 spiro atoms. The quantitative estimate of drug-likeness (QED) is 0.556. The number of amides is 1. The van der Waals surface area contributed by atoms with Crippen molar-refractivity contribution in [3.8, 4) is 0 Å². The Labute approximate surface area is 190 Å². The highest BCUT2D eigenvalue weighted by molar-refractivity contribution is 7.88. The Hall–Kier alpha value is -2.07. The summed E-state index contributed by atoms with van der Waals surface area (Å²) < 4.78 is 26.4. The van der Waals surface area contributed by atoms with Crippen LogP contribution in [0.3, 0.4) is 0 Å². The molecule has 3 heterocycles. The van der Waals surface area contributed by atoms with Crippen LogP contribution in [0.1, 0.15) is 24.1 Å². The molecule has 1 aliphatic heterocycles. The summed E-state index contributed by atoms with van der Waals surface area (Å²) in [6.07, 6.45) is 4.16. The van der Waals surface area contributed by atoms with E-state index in [4.69, 9.17) is 16.6 Å². The number of benzene rings is 1. The minimum absolute atomic E-state index is 0.137. The lowest BCUT2D eigenvalue weighted by Gasteiger charge is -2.32. The van der Waals surface area contributed by atoms with Crippen LogP contribution in [0.2, 0.25) is 5.02 Å². The van der Waals surface area contributed by atoms with E-state index in [0.717, 1.165) is 21.5 Å². The Bertz CT molecular complexity index is 1210. The molecule has 0 aliphatic carbocycles. The van der Waals surface area contributed by atoms with E-state index in [-0.39, 0.29) is 19.0 Å². The molecule has 0 saturated carbocycles. The van der Waals surface area contributed by atoms with E-state index >= 15 is 0 Å². The number of nitrogens with zero attached hydrogens (tertiary/aromatic N) is 4. The second-order valence-corrected chi connectivity index (χ2v) is 11.1. The molecule has 1 aromatic carbocycles. The Kier molecular flexibility index (Phi) is 6.30. The topological polar surface area (TPSA) is 83.5 Å². The van der Waals surface area contributed by atoms with Crippen molar-refractivity contribution in [1.82, 2.24) is 14.3 Å². The standard InChI is InChI=1S/C21H23ClN4O3S2/c1-14-17(22)8-9-18-19(14)24-21(30-18)26(13-16-7-3-4-10-23-16)20(27)15-6-5-11-25(12-15)31(2,28)29/h3-4,7-10,15H,5-6,11-13H2,1-2H3. The van der Waals surface area contributed by atoms with Crippen molar-refractivity contribution in [2.24, 2.45) is 5.92 Å². The third kappa shape index (κ3) is 4.74. The highest BCUT2D eigenvalue weighted by atomic mass is 35.5. The molecular formula is C21H23ClN4O3S2. The average Bonchev–Trinajstić information content (AvgIpc) is 3.19. The molecule has 1 amide bonds. The number of hydrogen-bond donors (Lipinski definition) is 0. The number of halogens is 1. The van der Waals surface area contributed by atoms with Gasteiger partial charge in [0.05, 0.1) is 34.6 Å². The number of pyridine rings is 1. The van der Waals surface area contributed by atoms with Gasteiger partial charge in [-0.2, -0.15) is 0 Å². The first kappa shape index (κ1) is 22.1. The smallest absolute Gasteiger partial charge is 0.233 e. The van der Waals surface area contributed by atoms with Gasteiger partial charge in [0.25, 0.3) is 0 Å². The first-order valence-electron chi connectivity index (χ1n) is 9.96. The normalized spacial score (nSPS) is 17.7. The second-order valence-electron chi connectivity index (χ2n) is 7.72. The van der Waals surface area contributed by atoms with Crippen LogP contribution in [-0.4, -0.2) is 47.9 Å². The number of sulfonamides is 1. The molecule has 1 saturated heterocycles. The Morgan fingerprint density at radius 2 is 2.13 bits per heavy atom. The summed E-state index contributed by atoms with van der Waals surface area (Å²) in [4.78, 5) is 24.4. The lowest BCUT2D eigenvalue weighted by Crippen LogP contribution is -2.46. The molecular weight excluding hydrogens is 456 g/mol. The first-order valence-corrected chi connectivity index (χ1v) is 13.0. The molecule has 31 heavy (non-hydrogen) atoms. The molecule has 4 rings (SSSR count). The van der Waals surface area contributed by atoms with Gasteiger partial charge in [-0.15, -0.1) is 0 Å². The number of aromatic nitrogens is 2. The van der Waals surface area contributed by atoms with Crippen molar-refractivity contribution in [2.75, 3.05) is 24.2 Å². The van der Waals surface area contributed by atoms with Crippen molar-refractivity contribution >= 4 is 54.2 Å². The molecule has 1 fully saturated rings. The summed E-state index contributed by atoms with van der Waals surface area (Å²) in [5.41, 5.74) is 2.38. The Morgan fingerprint density at radius 3 is 2.84 bits per heavy atom. The molecule has 1 aliphatic rings. The van der Waals surface area contributed by atoms with Gasteiger partial charge in [0, 0.05) is 24.3 Å². The van der Waals surface area contributed by atoms with E-state index in [9.17, 15) is 13.2 Å². The van der Waals surface area contributed by atoms with E-state index in [2.05, 4.69) is 4.98 Å². The maximum absolute atomic E-state index is 13.6. The molecule has 164 valence electrons. The molecule has 0 radical (unpaired) electrons. The Balaban J connectivity index is 1.71. The van der Waals surface area contributed by atoms with Crippen molar-refractivity contribution in [3.63, 3.8) is 0 Å². The summed E-state index contributed by atoms with van der Waals surface area (Å²) in [5, 5.41) is 1.19. The SMILES string of the molecule is Cc1c(Cl)ccc2sc(N(Cc3ccccn3)C(=O)C3CCCN(S(C)(=O)=O)C3)nc12. The van der Waals surface area contributed by atoms with E-state index in [1.165, 1.54) is 21.9 Å². The third-order valence-corrected chi connectivity index (χ3v) is 8.20. The van der Waals surface area contributed by atoms with E-state index in [1.54, 1.807) is 11.1 Å². The molecule has 3 aromatic rings. The number of carbonyl (C=O) groups is 1. The van der Waals surface area contributed by atoms with Crippen LogP contribution in [0.25, 0.3) is 10.2 Å². The largest absolute Gasteiger partial charge is 0.282 e. The van der Waals surface area contributed by atoms with Gasteiger partial charge in [0.15, 0.2) is 5.13 Å². The minimum atomic E-state index is -3.35. The van der Waals surface area contributed by atoms with Gasteiger partial charge in [0.1, 0.15) is 0 Å². The van der Waals surface area contributed by atoms with E-state index in [1.807, 2.05) is 37.3 Å². The highest BCUT2D eigenvalue weighted by Gasteiger charge is 2.34. The van der Waals surface area contributed by atoms with Gasteiger partial charge >= 0.3 is 0 Å². The van der Waals surface area contributed by atoms with Crippen LogP contribution in [0, 0.1) is 12.8 Å². The Morgan fingerprint density at radius 1 is 1.32 bits per heavy atom. The predicted molar refractivity (Wildman–Crippen MR) is 124 cm³/mol. The number of rotatable bonds is 5. The number of anilines is 1. The summed E-state index contributed by atoms with van der Waals surface area (Å²) in [6.45, 7) is 2.81. The van der Waals surface area contributed by atoms with Crippen molar-refractivity contribution < 1.29 is 13.2 Å². The van der Waals surface area contributed by atoms with Gasteiger partial charge < -0.3 is 0 Å².